The van der Waals surface area contributed by atoms with Gasteiger partial charge in [0.25, 0.3) is 5.91 Å². The summed E-state index contributed by atoms with van der Waals surface area (Å²) in [5, 5.41) is 5.23. The molecule has 0 aliphatic heterocycles. The number of hydrogen-bond donors (Lipinski definition) is 1. The Hall–Kier alpha value is -1.82. The molecule has 0 unspecified atom stereocenters. The lowest BCUT2D eigenvalue weighted by atomic mass is 10.1. The van der Waals surface area contributed by atoms with Crippen molar-refractivity contribution in [3.05, 3.63) is 23.2 Å². The summed E-state index contributed by atoms with van der Waals surface area (Å²) in [6.07, 6.45) is 1.74. The number of nitrogen functional groups attached to an aromatic ring is 1. The summed E-state index contributed by atoms with van der Waals surface area (Å²) >= 11 is 1.40. The maximum absolute atomic E-state index is 12.9. The second-order valence-electron chi connectivity index (χ2n) is 6.11. The smallest absolute Gasteiger partial charge is 0.266 e. The van der Waals surface area contributed by atoms with Gasteiger partial charge in [0.1, 0.15) is 9.71 Å². The first kappa shape index (κ1) is 15.6. The highest BCUT2D eigenvalue weighted by Gasteiger charge is 2.30. The number of nitrogens with two attached hydrogens (primary N) is 1. The molecule has 0 fully saturated rings. The number of nitrogens with zero attached hydrogens (tertiary/aromatic N) is 3. The number of aryl methyl sites for hydroxylation is 2. The monoisotopic (exact) mass is 306 g/mol. The van der Waals surface area contributed by atoms with Gasteiger partial charge in [0, 0.05) is 19.1 Å². The van der Waals surface area contributed by atoms with Gasteiger partial charge in [0.2, 0.25) is 0 Å². The molecule has 0 spiro atoms. The maximum Gasteiger partial charge on any atom is 0.266 e. The normalized spacial score (nSPS) is 11.9. The molecule has 2 rings (SSSR count). The number of hydrogen-bond acceptors (Lipinski definition) is 4. The van der Waals surface area contributed by atoms with Crippen LogP contribution in [0.2, 0.25) is 0 Å². The summed E-state index contributed by atoms with van der Waals surface area (Å²) in [4.78, 5) is 16.2. The molecule has 0 radical (unpaired) electrons. The van der Waals surface area contributed by atoms with Crippen LogP contribution in [0.4, 0.5) is 5.69 Å². The molecule has 2 heterocycles. The third-order valence-corrected chi connectivity index (χ3v) is 4.70. The van der Waals surface area contributed by atoms with Crippen LogP contribution in [-0.2, 0) is 7.05 Å². The molecule has 0 saturated heterocycles. The third kappa shape index (κ3) is 2.55. The molecular formula is C15H22N4OS. The zero-order valence-corrected chi connectivity index (χ0v) is 14.0. The van der Waals surface area contributed by atoms with E-state index < -0.39 is 0 Å². The number of rotatable bonds is 3. The maximum atomic E-state index is 12.9. The lowest BCUT2D eigenvalue weighted by Crippen LogP contribution is -2.45. The molecule has 0 aliphatic carbocycles. The molecule has 21 heavy (non-hydrogen) atoms. The molecule has 6 heteroatoms. The summed E-state index contributed by atoms with van der Waals surface area (Å²) in [7, 11) is 1.87. The van der Waals surface area contributed by atoms with Crippen molar-refractivity contribution in [1.29, 1.82) is 0 Å². The van der Waals surface area contributed by atoms with Crippen molar-refractivity contribution in [3.8, 4) is 0 Å². The van der Waals surface area contributed by atoms with Crippen LogP contribution in [-0.4, -0.2) is 32.7 Å². The van der Waals surface area contributed by atoms with E-state index in [1.807, 2.05) is 34.7 Å². The first-order valence-electron chi connectivity index (χ1n) is 6.83. The van der Waals surface area contributed by atoms with E-state index in [9.17, 15) is 4.79 Å². The van der Waals surface area contributed by atoms with Crippen molar-refractivity contribution in [2.75, 3.05) is 12.3 Å². The van der Waals surface area contributed by atoms with Crippen LogP contribution < -0.4 is 5.73 Å². The minimum atomic E-state index is -0.290. The van der Waals surface area contributed by atoms with Crippen LogP contribution in [0, 0.1) is 6.92 Å². The number of aromatic nitrogens is 2. The van der Waals surface area contributed by atoms with E-state index in [0.29, 0.717) is 17.1 Å². The van der Waals surface area contributed by atoms with Gasteiger partial charge in [-0.25, -0.2) is 0 Å². The van der Waals surface area contributed by atoms with Crippen LogP contribution in [0.1, 0.15) is 36.1 Å². The summed E-state index contributed by atoms with van der Waals surface area (Å²) in [5.74, 6) is -0.0551. The molecule has 0 aromatic carbocycles. The summed E-state index contributed by atoms with van der Waals surface area (Å²) in [5.41, 5.74) is 7.31. The van der Waals surface area contributed by atoms with E-state index in [2.05, 4.69) is 11.7 Å². The van der Waals surface area contributed by atoms with Crippen molar-refractivity contribution in [3.63, 3.8) is 0 Å². The molecule has 0 aliphatic rings. The quantitative estimate of drug-likeness (QED) is 0.887. The van der Waals surface area contributed by atoms with Gasteiger partial charge < -0.3 is 10.6 Å². The zero-order chi connectivity index (χ0) is 15.9. The molecular weight excluding hydrogens is 284 g/mol. The molecule has 2 N–H and O–H groups in total. The molecule has 5 nitrogen and oxygen atoms in total. The first-order valence-corrected chi connectivity index (χ1v) is 7.64. The highest BCUT2D eigenvalue weighted by atomic mass is 32.1. The summed E-state index contributed by atoms with van der Waals surface area (Å²) < 4.78 is 1.78. The van der Waals surface area contributed by atoms with Crippen LogP contribution in [0.3, 0.4) is 0 Å². The van der Waals surface area contributed by atoms with Gasteiger partial charge in [-0.3, -0.25) is 9.48 Å². The zero-order valence-electron chi connectivity index (χ0n) is 13.2. The lowest BCUT2D eigenvalue weighted by molar-refractivity contribution is 0.0623. The van der Waals surface area contributed by atoms with Crippen molar-refractivity contribution in [1.82, 2.24) is 14.7 Å². The number of amides is 1. The van der Waals surface area contributed by atoms with Crippen molar-refractivity contribution in [2.24, 2.45) is 7.05 Å². The Morgan fingerprint density at radius 2 is 2.14 bits per heavy atom. The predicted molar refractivity (Wildman–Crippen MR) is 88.7 cm³/mol. The predicted octanol–water partition coefficient (Wildman–Crippen LogP) is 2.95. The summed E-state index contributed by atoms with van der Waals surface area (Å²) in [6, 6.07) is 0. The van der Waals surface area contributed by atoms with E-state index in [1.165, 1.54) is 11.3 Å². The molecule has 0 bridgehead atoms. The number of fused-ring (bicyclic) bond motifs is 1. The van der Waals surface area contributed by atoms with Gasteiger partial charge in [0.05, 0.1) is 16.8 Å². The highest BCUT2D eigenvalue weighted by Crippen LogP contribution is 2.37. The fourth-order valence-electron chi connectivity index (χ4n) is 2.40. The van der Waals surface area contributed by atoms with E-state index >= 15 is 0 Å². The third-order valence-electron chi connectivity index (χ3n) is 3.44. The van der Waals surface area contributed by atoms with Crippen molar-refractivity contribution < 1.29 is 4.79 Å². The first-order chi connectivity index (χ1) is 9.68. The molecule has 114 valence electrons. The lowest BCUT2D eigenvalue weighted by Gasteiger charge is -2.34. The van der Waals surface area contributed by atoms with Crippen molar-refractivity contribution >= 4 is 33.1 Å². The Labute approximate surface area is 129 Å². The van der Waals surface area contributed by atoms with Gasteiger partial charge in [0.15, 0.2) is 0 Å². The molecule has 2 aromatic heterocycles. The van der Waals surface area contributed by atoms with Crippen LogP contribution in [0.25, 0.3) is 10.2 Å². The Balaban J connectivity index is 2.55. The summed E-state index contributed by atoms with van der Waals surface area (Å²) in [6.45, 7) is 12.2. The van der Waals surface area contributed by atoms with Crippen molar-refractivity contribution in [2.45, 2.75) is 33.2 Å². The van der Waals surface area contributed by atoms with Crippen LogP contribution in [0.15, 0.2) is 12.7 Å². The van der Waals surface area contributed by atoms with Gasteiger partial charge >= 0.3 is 0 Å². The molecule has 1 amide bonds. The molecule has 0 saturated carbocycles. The second-order valence-corrected chi connectivity index (χ2v) is 7.11. The fourth-order valence-corrected chi connectivity index (χ4v) is 3.54. The van der Waals surface area contributed by atoms with Crippen LogP contribution in [0.5, 0.6) is 0 Å². The SMILES string of the molecule is C=CCN(C(=O)c1sc2c(c(C)nn2C)c1N)C(C)(C)C. The van der Waals surface area contributed by atoms with Crippen LogP contribution >= 0.6 is 11.3 Å². The minimum Gasteiger partial charge on any atom is -0.397 e. The Bertz CT molecular complexity index is 705. The number of anilines is 1. The van der Waals surface area contributed by atoms with E-state index in [-0.39, 0.29) is 11.4 Å². The fraction of sp³-hybridized carbons (Fsp3) is 0.467. The van der Waals surface area contributed by atoms with Gasteiger partial charge in [-0.1, -0.05) is 6.08 Å². The largest absolute Gasteiger partial charge is 0.397 e. The van der Waals surface area contributed by atoms with Gasteiger partial charge in [-0.2, -0.15) is 5.10 Å². The average molecular weight is 306 g/mol. The highest BCUT2D eigenvalue weighted by molar-refractivity contribution is 7.21. The Morgan fingerprint density at radius 1 is 1.52 bits per heavy atom. The standard InChI is InChI=1S/C15H22N4OS/c1-7-8-19(15(3,4)5)13(20)12-11(16)10-9(2)17-18(6)14(10)21-12/h7H,1,8,16H2,2-6H3. The van der Waals surface area contributed by atoms with E-state index in [0.717, 1.165) is 15.9 Å². The average Bonchev–Trinajstić information content (AvgIpc) is 2.84. The van der Waals surface area contributed by atoms with E-state index in [1.54, 1.807) is 15.7 Å². The second kappa shape index (κ2) is 5.18. The topological polar surface area (TPSA) is 64.2 Å². The molecule has 2 aromatic rings. The Morgan fingerprint density at radius 3 is 2.62 bits per heavy atom. The number of carbonyl (C=O) groups excluding carboxylic acids is 1. The minimum absolute atomic E-state index is 0.0551. The Kier molecular flexibility index (Phi) is 3.84. The van der Waals surface area contributed by atoms with Gasteiger partial charge in [-0.15, -0.1) is 17.9 Å². The van der Waals surface area contributed by atoms with Gasteiger partial charge in [-0.05, 0) is 27.7 Å². The molecule has 0 atom stereocenters. The number of carbonyl (C=O) groups is 1. The number of thiophene rings is 1. The van der Waals surface area contributed by atoms with E-state index in [4.69, 9.17) is 5.73 Å².